The van der Waals surface area contributed by atoms with Gasteiger partial charge in [0.15, 0.2) is 0 Å². The van der Waals surface area contributed by atoms with E-state index in [0.29, 0.717) is 29.7 Å². The van der Waals surface area contributed by atoms with Crippen molar-refractivity contribution in [3.63, 3.8) is 0 Å². The van der Waals surface area contributed by atoms with Crippen molar-refractivity contribution in [2.45, 2.75) is 18.9 Å². The summed E-state index contributed by atoms with van der Waals surface area (Å²) < 4.78 is 5.56. The predicted octanol–water partition coefficient (Wildman–Crippen LogP) is 2.58. The molecule has 1 heterocycles. The van der Waals surface area contributed by atoms with Gasteiger partial charge in [0.05, 0.1) is 6.20 Å². The number of carbonyl (C=O) groups excluding carboxylic acids is 1. The van der Waals surface area contributed by atoms with Crippen LogP contribution in [0.4, 0.5) is 0 Å². The number of hydrogen-bond donors (Lipinski definition) is 2. The number of nitrogens with two attached hydrogens (primary N) is 1. The van der Waals surface area contributed by atoms with E-state index in [1.807, 2.05) is 0 Å². The Morgan fingerprint density at radius 1 is 1.33 bits per heavy atom. The zero-order valence-electron chi connectivity index (χ0n) is 12.9. The highest BCUT2D eigenvalue weighted by molar-refractivity contribution is 5.94. The number of hydrogen-bond acceptors (Lipinski definition) is 5. The zero-order chi connectivity index (χ0) is 15.4. The van der Waals surface area contributed by atoms with Crippen molar-refractivity contribution in [1.29, 1.82) is 0 Å². The molecule has 0 spiro atoms. The first-order valence-corrected chi connectivity index (χ1v) is 7.30. The van der Waals surface area contributed by atoms with E-state index in [1.165, 1.54) is 19.0 Å². The molecule has 1 aromatic carbocycles. The van der Waals surface area contributed by atoms with Crippen molar-refractivity contribution in [3.8, 4) is 11.6 Å². The average molecular weight is 371 g/mol. The lowest BCUT2D eigenvalue weighted by atomic mass is 10.1. The Kier molecular flexibility index (Phi) is 7.91. The van der Waals surface area contributed by atoms with Gasteiger partial charge in [-0.3, -0.25) is 9.78 Å². The van der Waals surface area contributed by atoms with Crippen molar-refractivity contribution in [1.82, 2.24) is 15.3 Å². The summed E-state index contributed by atoms with van der Waals surface area (Å²) in [7, 11) is 0. The Labute approximate surface area is 153 Å². The average Bonchev–Trinajstić information content (AvgIpc) is 3.38. The Bertz CT molecular complexity index is 654. The van der Waals surface area contributed by atoms with Crippen LogP contribution in [0.2, 0.25) is 0 Å². The minimum atomic E-state index is -0.152. The Hall–Kier alpha value is -1.89. The molecule has 1 unspecified atom stereocenters. The van der Waals surface area contributed by atoms with E-state index in [4.69, 9.17) is 10.5 Å². The minimum absolute atomic E-state index is 0. The molecule has 24 heavy (non-hydrogen) atoms. The van der Waals surface area contributed by atoms with Crippen LogP contribution in [0.25, 0.3) is 0 Å². The highest BCUT2D eigenvalue weighted by Crippen LogP contribution is 2.31. The number of nitrogens with one attached hydrogen (secondary N) is 1. The van der Waals surface area contributed by atoms with Crippen molar-refractivity contribution < 1.29 is 9.53 Å². The molecule has 1 aliphatic rings. The highest BCUT2D eigenvalue weighted by Gasteiger charge is 2.28. The second-order valence-electron chi connectivity index (χ2n) is 5.38. The van der Waals surface area contributed by atoms with Crippen LogP contribution in [0.15, 0.2) is 42.9 Å². The summed E-state index contributed by atoms with van der Waals surface area (Å²) in [4.78, 5) is 20.1. The maximum Gasteiger partial charge on any atom is 0.251 e. The fraction of sp³-hybridized carbons (Fsp3) is 0.312. The molecular formula is C16H20Cl2N4O2. The second kappa shape index (κ2) is 9.42. The van der Waals surface area contributed by atoms with Crippen LogP contribution >= 0.6 is 24.8 Å². The van der Waals surface area contributed by atoms with Crippen molar-refractivity contribution in [2.24, 2.45) is 11.7 Å². The molecule has 0 bridgehead atoms. The van der Waals surface area contributed by atoms with Crippen LogP contribution in [0.5, 0.6) is 11.6 Å². The molecule has 1 atom stereocenters. The van der Waals surface area contributed by atoms with E-state index in [1.54, 1.807) is 36.7 Å². The number of benzene rings is 1. The fourth-order valence-corrected chi connectivity index (χ4v) is 2.16. The third-order valence-corrected chi connectivity index (χ3v) is 3.58. The molecule has 3 N–H and O–H groups in total. The monoisotopic (exact) mass is 370 g/mol. The van der Waals surface area contributed by atoms with Gasteiger partial charge in [0.1, 0.15) is 5.75 Å². The fourth-order valence-electron chi connectivity index (χ4n) is 2.16. The van der Waals surface area contributed by atoms with Crippen molar-refractivity contribution in [3.05, 3.63) is 48.4 Å². The Balaban J connectivity index is 0.00000144. The molecule has 2 aromatic rings. The molecule has 6 nitrogen and oxygen atoms in total. The van der Waals surface area contributed by atoms with Crippen LogP contribution in [0.1, 0.15) is 23.2 Å². The van der Waals surface area contributed by atoms with Crippen LogP contribution in [-0.4, -0.2) is 28.5 Å². The van der Waals surface area contributed by atoms with E-state index in [9.17, 15) is 4.79 Å². The number of nitrogens with zero attached hydrogens (tertiary/aromatic N) is 2. The van der Waals surface area contributed by atoms with Gasteiger partial charge in [0, 0.05) is 30.5 Å². The van der Waals surface area contributed by atoms with E-state index < -0.39 is 0 Å². The van der Waals surface area contributed by atoms with Crippen LogP contribution in [0.3, 0.4) is 0 Å². The Morgan fingerprint density at radius 2 is 2.12 bits per heavy atom. The molecule has 1 saturated carbocycles. The smallest absolute Gasteiger partial charge is 0.251 e. The van der Waals surface area contributed by atoms with Crippen LogP contribution in [-0.2, 0) is 0 Å². The summed E-state index contributed by atoms with van der Waals surface area (Å²) in [5.74, 6) is 1.34. The number of halogens is 2. The summed E-state index contributed by atoms with van der Waals surface area (Å²) in [5.41, 5.74) is 6.51. The van der Waals surface area contributed by atoms with E-state index in [2.05, 4.69) is 15.3 Å². The normalized spacial score (nSPS) is 13.9. The SMILES string of the molecule is Cl.Cl.NC(CNC(=O)c1cccc(Oc2cnccn2)c1)C1CC1. The first-order chi connectivity index (χ1) is 10.7. The minimum Gasteiger partial charge on any atom is -0.437 e. The van der Waals surface area contributed by atoms with E-state index >= 15 is 0 Å². The second-order valence-corrected chi connectivity index (χ2v) is 5.38. The molecule has 1 aliphatic carbocycles. The molecule has 1 fully saturated rings. The summed E-state index contributed by atoms with van der Waals surface area (Å²) in [5, 5.41) is 2.86. The van der Waals surface area contributed by atoms with Crippen molar-refractivity contribution in [2.75, 3.05) is 6.54 Å². The number of amides is 1. The third kappa shape index (κ3) is 5.63. The van der Waals surface area contributed by atoms with Gasteiger partial charge in [-0.1, -0.05) is 6.07 Å². The molecule has 0 radical (unpaired) electrons. The molecule has 1 amide bonds. The number of aromatic nitrogens is 2. The molecule has 1 aromatic heterocycles. The quantitative estimate of drug-likeness (QED) is 0.815. The molecule has 3 rings (SSSR count). The van der Waals surface area contributed by atoms with Gasteiger partial charge in [-0.25, -0.2) is 4.98 Å². The number of carbonyl (C=O) groups is 1. The van der Waals surface area contributed by atoms with Gasteiger partial charge in [-0.15, -0.1) is 24.8 Å². The molecule has 8 heteroatoms. The predicted molar refractivity (Wildman–Crippen MR) is 96.1 cm³/mol. The lowest BCUT2D eigenvalue weighted by Gasteiger charge is -2.12. The number of ether oxygens (including phenoxy) is 1. The standard InChI is InChI=1S/C16H18N4O2.2ClH/c17-14(11-4-5-11)9-20-16(21)12-2-1-3-13(8-12)22-15-10-18-6-7-19-15;;/h1-3,6-8,10-11,14H,4-5,9,17H2,(H,20,21);2*1H. The summed E-state index contributed by atoms with van der Waals surface area (Å²) in [6, 6.07) is 6.99. The van der Waals surface area contributed by atoms with Gasteiger partial charge < -0.3 is 15.8 Å². The largest absolute Gasteiger partial charge is 0.437 e. The zero-order valence-corrected chi connectivity index (χ0v) is 14.6. The van der Waals surface area contributed by atoms with E-state index in [-0.39, 0.29) is 36.8 Å². The lowest BCUT2D eigenvalue weighted by molar-refractivity contribution is 0.0950. The molecule has 130 valence electrons. The van der Waals surface area contributed by atoms with Crippen molar-refractivity contribution >= 4 is 30.7 Å². The lowest BCUT2D eigenvalue weighted by Crippen LogP contribution is -2.38. The van der Waals surface area contributed by atoms with Gasteiger partial charge >= 0.3 is 0 Å². The summed E-state index contributed by atoms with van der Waals surface area (Å²) >= 11 is 0. The summed E-state index contributed by atoms with van der Waals surface area (Å²) in [6.45, 7) is 0.499. The van der Waals surface area contributed by atoms with Gasteiger partial charge in [-0.2, -0.15) is 0 Å². The molecular weight excluding hydrogens is 351 g/mol. The topological polar surface area (TPSA) is 90.1 Å². The highest BCUT2D eigenvalue weighted by atomic mass is 35.5. The van der Waals surface area contributed by atoms with Crippen LogP contribution in [0, 0.1) is 5.92 Å². The van der Waals surface area contributed by atoms with Gasteiger partial charge in [-0.05, 0) is 37.0 Å². The van der Waals surface area contributed by atoms with Gasteiger partial charge in [0.25, 0.3) is 5.91 Å². The van der Waals surface area contributed by atoms with E-state index in [0.717, 1.165) is 0 Å². The Morgan fingerprint density at radius 3 is 2.79 bits per heavy atom. The number of rotatable bonds is 6. The maximum absolute atomic E-state index is 12.1. The van der Waals surface area contributed by atoms with Gasteiger partial charge in [0.2, 0.25) is 5.88 Å². The maximum atomic E-state index is 12.1. The summed E-state index contributed by atoms with van der Waals surface area (Å²) in [6.07, 6.45) is 6.96. The third-order valence-electron chi connectivity index (χ3n) is 3.58. The first-order valence-electron chi connectivity index (χ1n) is 7.30. The molecule has 0 saturated heterocycles. The van der Waals surface area contributed by atoms with Crippen LogP contribution < -0.4 is 15.8 Å². The molecule has 0 aliphatic heterocycles. The first kappa shape index (κ1) is 20.2.